The number of carboxylic acids is 1. The molecule has 0 aliphatic rings. The minimum atomic E-state index is -0.923. The maximum absolute atomic E-state index is 11.2. The second-order valence-corrected chi connectivity index (χ2v) is 4.80. The number of carbonyl (C=O) groups is 1. The van der Waals surface area contributed by atoms with E-state index in [0.29, 0.717) is 5.69 Å². The second-order valence-electron chi connectivity index (χ2n) is 4.80. The Morgan fingerprint density at radius 3 is 2.16 bits per heavy atom. The SMILES string of the molecule is Cc1ccc(C)c(Nc2cc(C)ccc2C(=O)O)c1. The van der Waals surface area contributed by atoms with Crippen LogP contribution < -0.4 is 5.32 Å². The van der Waals surface area contributed by atoms with E-state index in [1.165, 1.54) is 0 Å². The molecular weight excluding hydrogens is 238 g/mol. The Kier molecular flexibility index (Phi) is 3.56. The minimum Gasteiger partial charge on any atom is -0.478 e. The monoisotopic (exact) mass is 255 g/mol. The molecule has 2 N–H and O–H groups in total. The van der Waals surface area contributed by atoms with Crippen LogP contribution in [0.3, 0.4) is 0 Å². The molecule has 0 atom stereocenters. The van der Waals surface area contributed by atoms with E-state index in [9.17, 15) is 9.90 Å². The lowest BCUT2D eigenvalue weighted by Crippen LogP contribution is -2.04. The fraction of sp³-hybridized carbons (Fsp3) is 0.188. The van der Waals surface area contributed by atoms with E-state index >= 15 is 0 Å². The molecule has 0 aliphatic carbocycles. The average molecular weight is 255 g/mol. The van der Waals surface area contributed by atoms with Crippen LogP contribution in [-0.4, -0.2) is 11.1 Å². The Morgan fingerprint density at radius 2 is 1.53 bits per heavy atom. The Bertz CT molecular complexity index is 633. The Balaban J connectivity index is 2.45. The predicted octanol–water partition coefficient (Wildman–Crippen LogP) is 4.05. The van der Waals surface area contributed by atoms with Gasteiger partial charge >= 0.3 is 5.97 Å². The molecule has 2 rings (SSSR count). The molecular formula is C16H17NO2. The fourth-order valence-electron chi connectivity index (χ4n) is 1.96. The van der Waals surface area contributed by atoms with Gasteiger partial charge in [0, 0.05) is 5.69 Å². The molecule has 0 spiro atoms. The van der Waals surface area contributed by atoms with Crippen molar-refractivity contribution in [3.05, 3.63) is 58.7 Å². The molecule has 0 saturated carbocycles. The van der Waals surface area contributed by atoms with Gasteiger partial charge in [-0.25, -0.2) is 4.79 Å². The predicted molar refractivity (Wildman–Crippen MR) is 77.3 cm³/mol. The van der Waals surface area contributed by atoms with Crippen molar-refractivity contribution in [1.82, 2.24) is 0 Å². The molecule has 0 fully saturated rings. The normalized spacial score (nSPS) is 10.3. The van der Waals surface area contributed by atoms with Gasteiger partial charge in [-0.05, 0) is 55.7 Å². The smallest absolute Gasteiger partial charge is 0.337 e. The first-order chi connectivity index (χ1) is 8.97. The topological polar surface area (TPSA) is 49.3 Å². The Morgan fingerprint density at radius 1 is 0.947 bits per heavy atom. The molecule has 19 heavy (non-hydrogen) atoms. The van der Waals surface area contributed by atoms with Crippen molar-refractivity contribution in [1.29, 1.82) is 0 Å². The first kappa shape index (κ1) is 13.1. The first-order valence-corrected chi connectivity index (χ1v) is 6.15. The molecule has 0 aliphatic heterocycles. The van der Waals surface area contributed by atoms with Gasteiger partial charge in [0.2, 0.25) is 0 Å². The number of carboxylic acid groups (broad SMARTS) is 1. The second kappa shape index (κ2) is 5.14. The van der Waals surface area contributed by atoms with Crippen molar-refractivity contribution >= 4 is 17.3 Å². The summed E-state index contributed by atoms with van der Waals surface area (Å²) in [6.07, 6.45) is 0. The van der Waals surface area contributed by atoms with Gasteiger partial charge in [-0.15, -0.1) is 0 Å². The van der Waals surface area contributed by atoms with Crippen LogP contribution >= 0.6 is 0 Å². The molecule has 3 nitrogen and oxygen atoms in total. The van der Waals surface area contributed by atoms with Crippen molar-refractivity contribution in [3.63, 3.8) is 0 Å². The van der Waals surface area contributed by atoms with Crippen LogP contribution in [0, 0.1) is 20.8 Å². The summed E-state index contributed by atoms with van der Waals surface area (Å²) < 4.78 is 0. The molecule has 0 saturated heterocycles. The highest BCUT2D eigenvalue weighted by Gasteiger charge is 2.11. The van der Waals surface area contributed by atoms with E-state index in [1.54, 1.807) is 12.1 Å². The van der Waals surface area contributed by atoms with E-state index in [1.807, 2.05) is 45.0 Å². The van der Waals surface area contributed by atoms with E-state index in [-0.39, 0.29) is 5.56 Å². The molecule has 98 valence electrons. The molecule has 0 aromatic heterocycles. The van der Waals surface area contributed by atoms with Crippen molar-refractivity contribution in [2.45, 2.75) is 20.8 Å². The molecule has 0 heterocycles. The summed E-state index contributed by atoms with van der Waals surface area (Å²) in [4.78, 5) is 11.2. The van der Waals surface area contributed by atoms with Gasteiger partial charge < -0.3 is 10.4 Å². The van der Waals surface area contributed by atoms with E-state index in [0.717, 1.165) is 22.4 Å². The highest BCUT2D eigenvalue weighted by atomic mass is 16.4. The van der Waals surface area contributed by atoms with Crippen molar-refractivity contribution in [2.24, 2.45) is 0 Å². The van der Waals surface area contributed by atoms with E-state index in [4.69, 9.17) is 0 Å². The standard InChI is InChI=1S/C16H17NO2/c1-10-4-6-12(3)14(8-10)17-15-9-11(2)5-7-13(15)16(18)19/h4-9,17H,1-3H3,(H,18,19). The number of anilines is 2. The van der Waals surface area contributed by atoms with Gasteiger partial charge in [-0.1, -0.05) is 18.2 Å². The summed E-state index contributed by atoms with van der Waals surface area (Å²) in [6.45, 7) is 5.96. The third-order valence-corrected chi connectivity index (χ3v) is 3.07. The van der Waals surface area contributed by atoms with Crippen molar-refractivity contribution in [2.75, 3.05) is 5.32 Å². The maximum Gasteiger partial charge on any atom is 0.337 e. The maximum atomic E-state index is 11.2. The molecule has 0 unspecified atom stereocenters. The number of benzene rings is 2. The van der Waals surface area contributed by atoms with Gasteiger partial charge in [0.15, 0.2) is 0 Å². The highest BCUT2D eigenvalue weighted by Crippen LogP contribution is 2.25. The van der Waals surface area contributed by atoms with Crippen LogP contribution in [0.4, 0.5) is 11.4 Å². The zero-order valence-corrected chi connectivity index (χ0v) is 11.3. The fourth-order valence-corrected chi connectivity index (χ4v) is 1.96. The first-order valence-electron chi connectivity index (χ1n) is 6.15. The number of hydrogen-bond donors (Lipinski definition) is 2. The van der Waals surface area contributed by atoms with E-state index in [2.05, 4.69) is 5.32 Å². The van der Waals surface area contributed by atoms with Gasteiger partial charge in [-0.3, -0.25) is 0 Å². The number of rotatable bonds is 3. The quantitative estimate of drug-likeness (QED) is 0.869. The molecule has 0 bridgehead atoms. The number of aryl methyl sites for hydroxylation is 3. The molecule has 2 aromatic carbocycles. The minimum absolute atomic E-state index is 0.284. The van der Waals surface area contributed by atoms with Crippen LogP contribution in [-0.2, 0) is 0 Å². The average Bonchev–Trinajstić information content (AvgIpc) is 2.33. The Hall–Kier alpha value is -2.29. The van der Waals surface area contributed by atoms with E-state index < -0.39 is 5.97 Å². The summed E-state index contributed by atoms with van der Waals surface area (Å²) in [5, 5.41) is 12.4. The lowest BCUT2D eigenvalue weighted by molar-refractivity contribution is 0.0698. The van der Waals surface area contributed by atoms with Crippen molar-refractivity contribution < 1.29 is 9.90 Å². The lowest BCUT2D eigenvalue weighted by atomic mass is 10.1. The number of hydrogen-bond acceptors (Lipinski definition) is 2. The summed E-state index contributed by atoms with van der Waals surface area (Å²) in [6, 6.07) is 11.4. The van der Waals surface area contributed by atoms with Crippen LogP contribution in [0.25, 0.3) is 0 Å². The largest absolute Gasteiger partial charge is 0.478 e. The molecule has 3 heteroatoms. The van der Waals surface area contributed by atoms with Crippen LogP contribution in [0.2, 0.25) is 0 Å². The van der Waals surface area contributed by atoms with Crippen LogP contribution in [0.15, 0.2) is 36.4 Å². The lowest BCUT2D eigenvalue weighted by Gasteiger charge is -2.13. The van der Waals surface area contributed by atoms with Crippen molar-refractivity contribution in [3.8, 4) is 0 Å². The zero-order valence-electron chi connectivity index (χ0n) is 11.3. The van der Waals surface area contributed by atoms with Crippen LogP contribution in [0.1, 0.15) is 27.0 Å². The summed E-state index contributed by atoms with van der Waals surface area (Å²) in [7, 11) is 0. The van der Waals surface area contributed by atoms with Gasteiger partial charge in [0.25, 0.3) is 0 Å². The molecule has 0 radical (unpaired) electrons. The summed E-state index contributed by atoms with van der Waals surface area (Å²) in [5.41, 5.74) is 5.10. The molecule has 0 amide bonds. The van der Waals surface area contributed by atoms with Gasteiger partial charge in [0.05, 0.1) is 11.3 Å². The van der Waals surface area contributed by atoms with Gasteiger partial charge in [0.1, 0.15) is 0 Å². The molecule has 2 aromatic rings. The third kappa shape index (κ3) is 2.94. The van der Waals surface area contributed by atoms with Gasteiger partial charge in [-0.2, -0.15) is 0 Å². The highest BCUT2D eigenvalue weighted by molar-refractivity contribution is 5.95. The number of aromatic carboxylic acids is 1. The zero-order chi connectivity index (χ0) is 14.0. The summed E-state index contributed by atoms with van der Waals surface area (Å²) in [5.74, 6) is -0.923. The Labute approximate surface area is 112 Å². The number of nitrogens with one attached hydrogen (secondary N) is 1. The third-order valence-electron chi connectivity index (χ3n) is 3.07. The van der Waals surface area contributed by atoms with Crippen LogP contribution in [0.5, 0.6) is 0 Å². The summed E-state index contributed by atoms with van der Waals surface area (Å²) >= 11 is 0.